The summed E-state index contributed by atoms with van der Waals surface area (Å²) in [5, 5.41) is 12.2. The molecule has 6 nitrogen and oxygen atoms in total. The van der Waals surface area contributed by atoms with Crippen molar-refractivity contribution in [2.75, 3.05) is 5.73 Å². The maximum atomic E-state index is 12.7. The summed E-state index contributed by atoms with van der Waals surface area (Å²) in [7, 11) is -6.45. The molecule has 1 aromatic heterocycles. The van der Waals surface area contributed by atoms with Gasteiger partial charge in [0.15, 0.2) is 10.6 Å². The fourth-order valence-corrected chi connectivity index (χ4v) is 5.15. The lowest BCUT2D eigenvalue weighted by Crippen LogP contribution is -2.10. The molecule has 0 fully saturated rings. The molecule has 0 bridgehead atoms. The Morgan fingerprint density at radius 2 is 1.85 bits per heavy atom. The van der Waals surface area contributed by atoms with Crippen LogP contribution in [0, 0.1) is 11.3 Å². The highest BCUT2D eigenvalue weighted by molar-refractivity contribution is 8.72. The Morgan fingerprint density at radius 1 is 1.31 bits per heavy atom. The Bertz CT molecular complexity index is 992. The van der Waals surface area contributed by atoms with E-state index in [1.165, 1.54) is 6.07 Å². The number of anilines is 1. The highest BCUT2D eigenvalue weighted by Crippen LogP contribution is 2.42. The summed E-state index contributed by atoms with van der Waals surface area (Å²) in [6.07, 6.45) is 0. The van der Waals surface area contributed by atoms with E-state index in [2.05, 4.69) is 5.10 Å². The summed E-state index contributed by atoms with van der Waals surface area (Å²) >= 11 is 11.9. The number of rotatable bonds is 4. The smallest absolute Gasteiger partial charge is 0.382 e. The van der Waals surface area contributed by atoms with Crippen molar-refractivity contribution in [3.8, 4) is 11.8 Å². The van der Waals surface area contributed by atoms with Crippen molar-refractivity contribution in [1.29, 1.82) is 5.26 Å². The van der Waals surface area contributed by atoms with Crippen LogP contribution in [0.5, 0.6) is 0 Å². The first kappa shape index (κ1) is 20.6. The molecule has 2 N–H and O–H groups in total. The molecule has 14 heteroatoms. The third-order valence-electron chi connectivity index (χ3n) is 2.88. The minimum Gasteiger partial charge on any atom is -0.382 e. The monoisotopic (exact) mass is 448 g/mol. The van der Waals surface area contributed by atoms with Crippen LogP contribution in [0.15, 0.2) is 17.0 Å². The fourth-order valence-electron chi connectivity index (χ4n) is 1.97. The minimum absolute atomic E-state index is 0.0930. The van der Waals surface area contributed by atoms with Gasteiger partial charge in [-0.15, -0.1) is 0 Å². The van der Waals surface area contributed by atoms with Crippen LogP contribution >= 0.6 is 34.0 Å². The average molecular weight is 449 g/mol. The van der Waals surface area contributed by atoms with Crippen LogP contribution in [-0.4, -0.2) is 23.7 Å². The number of aromatic nitrogens is 2. The van der Waals surface area contributed by atoms with Crippen molar-refractivity contribution in [1.82, 2.24) is 9.78 Å². The van der Waals surface area contributed by atoms with Gasteiger partial charge in [-0.2, -0.15) is 23.5 Å². The van der Waals surface area contributed by atoms with Gasteiger partial charge in [0.05, 0.1) is 20.8 Å². The van der Waals surface area contributed by atoms with Crippen LogP contribution in [0.3, 0.4) is 0 Å². The molecule has 26 heavy (non-hydrogen) atoms. The number of hydrogen-bond donors (Lipinski definition) is 1. The van der Waals surface area contributed by atoms with E-state index in [0.29, 0.717) is 4.68 Å². The number of benzene rings is 1. The summed E-state index contributed by atoms with van der Waals surface area (Å²) in [4.78, 5) is -1.12. The maximum absolute atomic E-state index is 12.7. The van der Waals surface area contributed by atoms with E-state index in [9.17, 15) is 26.0 Å². The number of hydrogen-bond acceptors (Lipinski definition) is 6. The molecule has 2 aromatic rings. The summed E-state index contributed by atoms with van der Waals surface area (Å²) in [5.74, 6) is -0.796. The van der Waals surface area contributed by atoms with E-state index < -0.39 is 48.3 Å². The van der Waals surface area contributed by atoms with Gasteiger partial charge in [-0.3, -0.25) is 0 Å². The van der Waals surface area contributed by atoms with Crippen LogP contribution in [0.2, 0.25) is 10.0 Å². The molecule has 0 aliphatic heterocycles. The van der Waals surface area contributed by atoms with E-state index in [-0.39, 0.29) is 21.3 Å². The molecule has 0 aliphatic rings. The molecule has 0 amide bonds. The SMILES string of the molecule is N#Cc1nn(-c2c(Cl)cc(CF)cc2Cl)c(N)c1S(=O)(=O)SC(F)(F)F. The Labute approximate surface area is 157 Å². The van der Waals surface area contributed by atoms with Gasteiger partial charge < -0.3 is 5.73 Å². The van der Waals surface area contributed by atoms with E-state index >= 15 is 0 Å². The van der Waals surface area contributed by atoms with Crippen LogP contribution in [0.4, 0.5) is 23.4 Å². The molecule has 0 atom stereocenters. The minimum atomic E-state index is -5.14. The zero-order valence-corrected chi connectivity index (χ0v) is 15.3. The quantitative estimate of drug-likeness (QED) is 0.559. The standard InChI is InChI=1S/C12H6Cl2F4N4O2S2/c13-6-1-5(3-15)2-7(14)9(6)22-11(20)10(8(4-19)21-22)26(23,24)25-12(16,17)18/h1-2H,3,20H2. The normalized spacial score (nSPS) is 12.2. The highest BCUT2D eigenvalue weighted by Gasteiger charge is 2.41. The van der Waals surface area contributed by atoms with Gasteiger partial charge in [0, 0.05) is 0 Å². The summed E-state index contributed by atoms with van der Waals surface area (Å²) in [5.41, 5.74) is -0.509. The van der Waals surface area contributed by atoms with E-state index in [0.717, 1.165) is 12.1 Å². The number of nitrogens with zero attached hydrogens (tertiary/aromatic N) is 3. The summed E-state index contributed by atoms with van der Waals surface area (Å²) in [6, 6.07) is 3.66. The van der Waals surface area contributed by atoms with Crippen molar-refractivity contribution in [3.05, 3.63) is 33.4 Å². The summed E-state index contributed by atoms with van der Waals surface area (Å²) < 4.78 is 74.9. The van der Waals surface area contributed by atoms with Crippen molar-refractivity contribution < 1.29 is 26.0 Å². The molecule has 140 valence electrons. The van der Waals surface area contributed by atoms with E-state index in [1.807, 2.05) is 0 Å². The van der Waals surface area contributed by atoms with E-state index in [1.54, 1.807) is 0 Å². The molecular formula is C12H6Cl2F4N4O2S2. The molecule has 1 heterocycles. The van der Waals surface area contributed by atoms with Gasteiger partial charge in [-0.25, -0.2) is 17.5 Å². The second kappa shape index (κ2) is 7.15. The zero-order chi connectivity index (χ0) is 19.9. The predicted octanol–water partition coefficient (Wildman–Crippen LogP) is 4.04. The molecule has 0 saturated carbocycles. The number of nitrogens with two attached hydrogens (primary N) is 1. The number of halogens is 6. The largest absolute Gasteiger partial charge is 0.456 e. The molecule has 0 unspecified atom stereocenters. The van der Waals surface area contributed by atoms with Gasteiger partial charge in [-0.05, 0) is 17.7 Å². The molecule has 2 rings (SSSR count). The predicted molar refractivity (Wildman–Crippen MR) is 88.4 cm³/mol. The molecule has 0 radical (unpaired) electrons. The van der Waals surface area contributed by atoms with Gasteiger partial charge >= 0.3 is 5.51 Å². The Hall–Kier alpha value is -1.68. The first-order valence-corrected chi connectivity index (χ1v) is 9.83. The lowest BCUT2D eigenvalue weighted by Gasteiger charge is -2.11. The van der Waals surface area contributed by atoms with E-state index in [4.69, 9.17) is 34.2 Å². The van der Waals surface area contributed by atoms with Gasteiger partial charge in [0.1, 0.15) is 24.2 Å². The second-order valence-corrected chi connectivity index (χ2v) is 9.19. The van der Waals surface area contributed by atoms with Crippen molar-refractivity contribution in [2.45, 2.75) is 17.1 Å². The number of nitriles is 1. The first-order valence-electron chi connectivity index (χ1n) is 6.26. The van der Waals surface area contributed by atoms with Crippen molar-refractivity contribution in [2.24, 2.45) is 0 Å². The van der Waals surface area contributed by atoms with Crippen LogP contribution in [0.1, 0.15) is 11.3 Å². The Morgan fingerprint density at radius 3 is 2.27 bits per heavy atom. The van der Waals surface area contributed by atoms with Crippen LogP contribution in [0.25, 0.3) is 5.69 Å². The Kier molecular flexibility index (Phi) is 5.67. The van der Waals surface area contributed by atoms with Gasteiger partial charge in [0.2, 0.25) is 8.87 Å². The van der Waals surface area contributed by atoms with Crippen LogP contribution in [-0.2, 0) is 15.5 Å². The van der Waals surface area contributed by atoms with Crippen molar-refractivity contribution in [3.63, 3.8) is 0 Å². The molecule has 0 saturated heterocycles. The second-order valence-electron chi connectivity index (χ2n) is 4.61. The summed E-state index contributed by atoms with van der Waals surface area (Å²) in [6.45, 7) is -0.903. The maximum Gasteiger partial charge on any atom is 0.456 e. The zero-order valence-electron chi connectivity index (χ0n) is 12.2. The number of nitrogen functional groups attached to an aromatic ring is 1. The topological polar surface area (TPSA) is 102 Å². The third kappa shape index (κ3) is 4.01. The lowest BCUT2D eigenvalue weighted by atomic mass is 10.2. The van der Waals surface area contributed by atoms with Crippen molar-refractivity contribution >= 4 is 48.7 Å². The van der Waals surface area contributed by atoms with Crippen LogP contribution < -0.4 is 5.73 Å². The molecule has 1 aromatic carbocycles. The molecular weight excluding hydrogens is 443 g/mol. The van der Waals surface area contributed by atoms with Gasteiger partial charge in [-0.1, -0.05) is 23.2 Å². The lowest BCUT2D eigenvalue weighted by molar-refractivity contribution is -0.0312. The third-order valence-corrected chi connectivity index (χ3v) is 6.49. The first-order chi connectivity index (χ1) is 11.9. The number of alkyl halides is 4. The molecule has 0 spiro atoms. The molecule has 0 aliphatic carbocycles. The average Bonchev–Trinajstić information content (AvgIpc) is 2.81. The highest BCUT2D eigenvalue weighted by atomic mass is 35.5. The Balaban J connectivity index is 2.74. The van der Waals surface area contributed by atoms with Gasteiger partial charge in [0.25, 0.3) is 0 Å². The fraction of sp³-hybridized carbons (Fsp3) is 0.167.